The van der Waals surface area contributed by atoms with Crippen LogP contribution in [-0.4, -0.2) is 17.6 Å². The lowest BCUT2D eigenvalue weighted by molar-refractivity contribution is 0.0990. The van der Waals surface area contributed by atoms with Gasteiger partial charge in [-0.3, -0.25) is 4.79 Å². The predicted octanol–water partition coefficient (Wildman–Crippen LogP) is 3.58. The van der Waals surface area contributed by atoms with Crippen molar-refractivity contribution in [3.8, 4) is 5.75 Å². The van der Waals surface area contributed by atoms with Crippen LogP contribution in [-0.2, 0) is 12.8 Å². The number of hydrogen-bond donors (Lipinski definition) is 1. The minimum atomic E-state index is -0.418. The molecular formula is C18H18N2O2S. The molecule has 2 aromatic carbocycles. The molecule has 0 spiro atoms. The van der Waals surface area contributed by atoms with Gasteiger partial charge in [0.05, 0.1) is 7.11 Å². The van der Waals surface area contributed by atoms with Gasteiger partial charge in [0, 0.05) is 28.6 Å². The lowest BCUT2D eigenvalue weighted by atomic mass is 10.2. The van der Waals surface area contributed by atoms with Crippen molar-refractivity contribution < 1.29 is 9.53 Å². The normalized spacial score (nSPS) is 10.9. The van der Waals surface area contributed by atoms with Crippen molar-refractivity contribution in [2.45, 2.75) is 10.6 Å². The summed E-state index contributed by atoms with van der Waals surface area (Å²) in [5.41, 5.74) is 8.32. The quantitative estimate of drug-likeness (QED) is 0.729. The number of ether oxygens (including phenoxy) is 1. The molecule has 4 nitrogen and oxygen atoms in total. The number of carbonyl (C=O) groups is 1. The maximum absolute atomic E-state index is 11.9. The van der Waals surface area contributed by atoms with Crippen LogP contribution in [0, 0.1) is 0 Å². The molecule has 0 saturated heterocycles. The molecule has 0 aliphatic carbocycles. The van der Waals surface area contributed by atoms with Gasteiger partial charge in [-0.05, 0) is 23.8 Å². The van der Waals surface area contributed by atoms with E-state index >= 15 is 0 Å². The van der Waals surface area contributed by atoms with Crippen molar-refractivity contribution >= 4 is 28.6 Å². The van der Waals surface area contributed by atoms with Crippen molar-refractivity contribution in [2.75, 3.05) is 7.11 Å². The molecule has 1 aromatic heterocycles. The van der Waals surface area contributed by atoms with E-state index in [4.69, 9.17) is 10.5 Å². The Morgan fingerprint density at radius 3 is 2.61 bits per heavy atom. The first-order valence-electron chi connectivity index (χ1n) is 7.24. The van der Waals surface area contributed by atoms with Gasteiger partial charge >= 0.3 is 0 Å². The van der Waals surface area contributed by atoms with Crippen LogP contribution in [0.5, 0.6) is 5.75 Å². The highest BCUT2D eigenvalue weighted by Crippen LogP contribution is 2.37. The number of nitrogens with zero attached hydrogens (tertiary/aromatic N) is 1. The zero-order chi connectivity index (χ0) is 16.4. The highest BCUT2D eigenvalue weighted by molar-refractivity contribution is 7.98. The smallest absolute Gasteiger partial charge is 0.266 e. The van der Waals surface area contributed by atoms with Crippen molar-refractivity contribution in [3.63, 3.8) is 0 Å². The van der Waals surface area contributed by atoms with E-state index < -0.39 is 5.91 Å². The van der Waals surface area contributed by atoms with Gasteiger partial charge < -0.3 is 15.0 Å². The van der Waals surface area contributed by atoms with Crippen molar-refractivity contribution in [1.82, 2.24) is 4.57 Å². The maximum atomic E-state index is 11.9. The summed E-state index contributed by atoms with van der Waals surface area (Å²) in [6.45, 7) is 0. The Bertz CT molecular complexity index is 856. The zero-order valence-corrected chi connectivity index (χ0v) is 13.9. The minimum Gasteiger partial charge on any atom is -0.497 e. The standard InChI is InChI=1S/C18H18N2O2S/c1-20-15-9-8-13(22-2)10-14(15)17(16(20)18(19)21)23-11-12-6-4-3-5-7-12/h3-10H,11H2,1-2H3,(H2,19,21). The summed E-state index contributed by atoms with van der Waals surface area (Å²) >= 11 is 1.62. The SMILES string of the molecule is COc1ccc2c(c1)c(SCc1ccccc1)c(C(N)=O)n2C. The first-order valence-corrected chi connectivity index (χ1v) is 8.23. The van der Waals surface area contributed by atoms with Crippen LogP contribution >= 0.6 is 11.8 Å². The van der Waals surface area contributed by atoms with Crippen LogP contribution in [0.4, 0.5) is 0 Å². The molecule has 1 heterocycles. The Morgan fingerprint density at radius 2 is 1.96 bits per heavy atom. The number of hydrogen-bond acceptors (Lipinski definition) is 3. The molecule has 0 saturated carbocycles. The summed E-state index contributed by atoms with van der Waals surface area (Å²) in [7, 11) is 3.50. The van der Waals surface area contributed by atoms with Gasteiger partial charge in [0.1, 0.15) is 11.4 Å². The fraction of sp³-hybridized carbons (Fsp3) is 0.167. The van der Waals surface area contributed by atoms with E-state index in [9.17, 15) is 4.79 Å². The van der Waals surface area contributed by atoms with Gasteiger partial charge in [0.25, 0.3) is 5.91 Å². The molecule has 0 atom stereocenters. The summed E-state index contributed by atoms with van der Waals surface area (Å²) in [5.74, 6) is 1.12. The van der Waals surface area contributed by atoms with Gasteiger partial charge in [0.15, 0.2) is 0 Å². The number of amides is 1. The summed E-state index contributed by atoms with van der Waals surface area (Å²) in [6.07, 6.45) is 0. The van der Waals surface area contributed by atoms with Crippen LogP contribution in [0.3, 0.4) is 0 Å². The topological polar surface area (TPSA) is 57.2 Å². The lowest BCUT2D eigenvalue weighted by Gasteiger charge is -2.04. The van der Waals surface area contributed by atoms with Crippen LogP contribution in [0.25, 0.3) is 10.9 Å². The van der Waals surface area contributed by atoms with Crippen LogP contribution in [0.15, 0.2) is 53.4 Å². The molecule has 118 valence electrons. The monoisotopic (exact) mass is 326 g/mol. The molecule has 0 radical (unpaired) electrons. The summed E-state index contributed by atoms with van der Waals surface area (Å²) < 4.78 is 7.17. The molecule has 0 bridgehead atoms. The van der Waals surface area contributed by atoms with Crippen LogP contribution < -0.4 is 10.5 Å². The minimum absolute atomic E-state index is 0.418. The van der Waals surface area contributed by atoms with Crippen molar-refractivity contribution in [1.29, 1.82) is 0 Å². The highest BCUT2D eigenvalue weighted by atomic mass is 32.2. The maximum Gasteiger partial charge on any atom is 0.266 e. The number of benzene rings is 2. The van der Waals surface area contributed by atoms with E-state index in [1.165, 1.54) is 5.56 Å². The fourth-order valence-electron chi connectivity index (χ4n) is 2.67. The number of aryl methyl sites for hydroxylation is 1. The van der Waals surface area contributed by atoms with Gasteiger partial charge in [-0.1, -0.05) is 30.3 Å². The molecule has 1 amide bonds. The number of aromatic nitrogens is 1. The highest BCUT2D eigenvalue weighted by Gasteiger charge is 2.20. The molecule has 5 heteroatoms. The first-order chi connectivity index (χ1) is 11.1. The second-order valence-corrected chi connectivity index (χ2v) is 6.24. The Morgan fingerprint density at radius 1 is 1.22 bits per heavy atom. The van der Waals surface area contributed by atoms with E-state index in [1.54, 1.807) is 18.9 Å². The van der Waals surface area contributed by atoms with Crippen LogP contribution in [0.1, 0.15) is 16.1 Å². The number of nitrogens with two attached hydrogens (primary N) is 1. The van der Waals surface area contributed by atoms with Gasteiger partial charge in [-0.25, -0.2) is 0 Å². The molecule has 3 aromatic rings. The number of rotatable bonds is 5. The molecule has 0 aliphatic rings. The summed E-state index contributed by atoms with van der Waals surface area (Å²) in [5, 5.41) is 0.988. The second kappa shape index (κ2) is 6.38. The average molecular weight is 326 g/mol. The average Bonchev–Trinajstić information content (AvgIpc) is 2.85. The van der Waals surface area contributed by atoms with Crippen LogP contribution in [0.2, 0.25) is 0 Å². The third-order valence-electron chi connectivity index (χ3n) is 3.82. The fourth-order valence-corrected chi connectivity index (χ4v) is 3.87. The second-order valence-electron chi connectivity index (χ2n) is 5.26. The molecule has 3 rings (SSSR count). The zero-order valence-electron chi connectivity index (χ0n) is 13.1. The van der Waals surface area contributed by atoms with E-state index in [-0.39, 0.29) is 0 Å². The number of methoxy groups -OCH3 is 1. The van der Waals surface area contributed by atoms with Gasteiger partial charge in [-0.2, -0.15) is 0 Å². The molecule has 23 heavy (non-hydrogen) atoms. The summed E-state index contributed by atoms with van der Waals surface area (Å²) in [4.78, 5) is 12.8. The van der Waals surface area contributed by atoms with Crippen molar-refractivity contribution in [3.05, 3.63) is 59.8 Å². The predicted molar refractivity (Wildman–Crippen MR) is 94.0 cm³/mol. The third kappa shape index (κ3) is 2.92. The molecular weight excluding hydrogens is 308 g/mol. The van der Waals surface area contributed by atoms with Gasteiger partial charge in [0.2, 0.25) is 0 Å². The molecule has 0 aliphatic heterocycles. The van der Waals surface area contributed by atoms with E-state index in [1.807, 2.05) is 48.0 Å². The Hall–Kier alpha value is -2.40. The Labute approximate surface area is 139 Å². The van der Waals surface area contributed by atoms with E-state index in [2.05, 4.69) is 12.1 Å². The Balaban J connectivity index is 2.08. The third-order valence-corrected chi connectivity index (χ3v) is 5.00. The van der Waals surface area contributed by atoms with E-state index in [0.29, 0.717) is 5.69 Å². The first kappa shape index (κ1) is 15.5. The largest absolute Gasteiger partial charge is 0.497 e. The number of primary amides is 1. The van der Waals surface area contributed by atoms with E-state index in [0.717, 1.165) is 27.3 Å². The lowest BCUT2D eigenvalue weighted by Crippen LogP contribution is -2.16. The number of fused-ring (bicyclic) bond motifs is 1. The molecule has 0 fully saturated rings. The molecule has 2 N–H and O–H groups in total. The number of carbonyl (C=O) groups excluding carboxylic acids is 1. The number of thioether (sulfide) groups is 1. The molecule has 0 unspecified atom stereocenters. The van der Waals surface area contributed by atoms with Crippen molar-refractivity contribution in [2.24, 2.45) is 12.8 Å². The summed E-state index contributed by atoms with van der Waals surface area (Å²) in [6, 6.07) is 16.0. The Kier molecular flexibility index (Phi) is 4.30. The van der Waals surface area contributed by atoms with Gasteiger partial charge in [-0.15, -0.1) is 11.8 Å².